The number of nitrogens with zero attached hydrogens (tertiary/aromatic N) is 1. The van der Waals surface area contributed by atoms with Crippen LogP contribution >= 0.6 is 22.9 Å². The molecule has 4 nitrogen and oxygen atoms in total. The molecule has 0 bridgehead atoms. The summed E-state index contributed by atoms with van der Waals surface area (Å²) in [4.78, 5) is 15.5. The third kappa shape index (κ3) is 2.72. The topological polar surface area (TPSA) is 38.8 Å². The Bertz CT molecular complexity index is 498. The lowest BCUT2D eigenvalue weighted by Crippen LogP contribution is -2.51. The van der Waals surface area contributed by atoms with Crippen molar-refractivity contribution in [2.75, 3.05) is 26.3 Å². The van der Waals surface area contributed by atoms with Crippen LogP contribution in [0.25, 0.3) is 0 Å². The first-order valence-electron chi connectivity index (χ1n) is 6.92. The molecule has 2 saturated heterocycles. The van der Waals surface area contributed by atoms with E-state index >= 15 is 0 Å². The molecular weight excluding hydrogens is 298 g/mol. The van der Waals surface area contributed by atoms with E-state index in [1.807, 2.05) is 24.0 Å². The van der Waals surface area contributed by atoms with E-state index in [1.165, 1.54) is 11.3 Å². The minimum atomic E-state index is -0.555. The smallest absolute Gasteiger partial charge is 0.230 e. The number of carbonyl (C=O) groups excluding carboxylic acids is 1. The fourth-order valence-electron chi connectivity index (χ4n) is 2.87. The first-order valence-corrected chi connectivity index (χ1v) is 8.11. The average Bonchev–Trinajstić information content (AvgIpc) is 3.07. The summed E-state index contributed by atoms with van der Waals surface area (Å²) < 4.78 is 12.2. The van der Waals surface area contributed by atoms with Gasteiger partial charge in [-0.05, 0) is 25.5 Å². The third-order valence-electron chi connectivity index (χ3n) is 3.93. The molecule has 1 aromatic rings. The molecule has 6 heteroatoms. The molecule has 110 valence electrons. The highest BCUT2D eigenvalue weighted by molar-refractivity contribution is 7.16. The average molecular weight is 316 g/mol. The molecule has 1 atom stereocenters. The van der Waals surface area contributed by atoms with Crippen molar-refractivity contribution in [3.63, 3.8) is 0 Å². The van der Waals surface area contributed by atoms with Gasteiger partial charge in [0.1, 0.15) is 0 Å². The number of thiophene rings is 1. The monoisotopic (exact) mass is 315 g/mol. The quantitative estimate of drug-likeness (QED) is 0.842. The Morgan fingerprint density at radius 3 is 2.85 bits per heavy atom. The van der Waals surface area contributed by atoms with Crippen molar-refractivity contribution in [1.82, 2.24) is 4.90 Å². The van der Waals surface area contributed by atoms with Crippen LogP contribution in [0.15, 0.2) is 12.1 Å². The Morgan fingerprint density at radius 1 is 1.45 bits per heavy atom. The van der Waals surface area contributed by atoms with E-state index in [4.69, 9.17) is 21.1 Å². The molecule has 20 heavy (non-hydrogen) atoms. The van der Waals surface area contributed by atoms with Crippen LogP contribution in [0.5, 0.6) is 0 Å². The zero-order chi connectivity index (χ0) is 14.2. The van der Waals surface area contributed by atoms with Gasteiger partial charge in [-0.3, -0.25) is 4.79 Å². The lowest BCUT2D eigenvalue weighted by Gasteiger charge is -2.39. The Labute approximate surface area is 127 Å². The molecule has 1 amide bonds. The van der Waals surface area contributed by atoms with Crippen molar-refractivity contribution >= 4 is 28.8 Å². The standard InChI is InChI=1S/C14H18ClNO3S/c1-10(11-3-4-12(15)20-11)13(17)16-6-2-5-14(9-16)18-7-8-19-14/h3-4,10H,2,5-9H2,1H3/t10-/m0/s1. The Hall–Kier alpha value is -0.620. The summed E-state index contributed by atoms with van der Waals surface area (Å²) in [7, 11) is 0. The van der Waals surface area contributed by atoms with Crippen LogP contribution in [0.1, 0.15) is 30.6 Å². The maximum absolute atomic E-state index is 12.6. The van der Waals surface area contributed by atoms with Gasteiger partial charge >= 0.3 is 0 Å². The van der Waals surface area contributed by atoms with Gasteiger partial charge in [0.2, 0.25) is 5.91 Å². The van der Waals surface area contributed by atoms with Crippen molar-refractivity contribution < 1.29 is 14.3 Å². The highest BCUT2D eigenvalue weighted by atomic mass is 35.5. The number of rotatable bonds is 2. The molecular formula is C14H18ClNO3S. The summed E-state index contributed by atoms with van der Waals surface area (Å²) in [5, 5.41) is 0. The van der Waals surface area contributed by atoms with Gasteiger partial charge in [-0.2, -0.15) is 0 Å². The van der Waals surface area contributed by atoms with Gasteiger partial charge in [-0.1, -0.05) is 11.6 Å². The summed E-state index contributed by atoms with van der Waals surface area (Å²) in [5.41, 5.74) is 0. The predicted octanol–water partition coefficient (Wildman–Crippen LogP) is 2.87. The van der Waals surface area contributed by atoms with Crippen LogP contribution in [-0.2, 0) is 14.3 Å². The van der Waals surface area contributed by atoms with E-state index in [-0.39, 0.29) is 11.8 Å². The second-order valence-electron chi connectivity index (χ2n) is 5.33. The maximum atomic E-state index is 12.6. The van der Waals surface area contributed by atoms with Gasteiger partial charge in [0.05, 0.1) is 30.0 Å². The first-order chi connectivity index (χ1) is 9.60. The first kappa shape index (κ1) is 14.3. The molecule has 2 fully saturated rings. The lowest BCUT2D eigenvalue weighted by atomic mass is 10.0. The number of hydrogen-bond donors (Lipinski definition) is 0. The Balaban J connectivity index is 1.70. The summed E-state index contributed by atoms with van der Waals surface area (Å²) in [5.74, 6) is -0.591. The minimum absolute atomic E-state index is 0.127. The van der Waals surface area contributed by atoms with Gasteiger partial charge in [-0.15, -0.1) is 11.3 Å². The predicted molar refractivity (Wildman–Crippen MR) is 78.2 cm³/mol. The van der Waals surface area contributed by atoms with Gasteiger partial charge in [0.25, 0.3) is 0 Å². The third-order valence-corrected chi connectivity index (χ3v) is 5.35. The molecule has 2 aliphatic rings. The van der Waals surface area contributed by atoms with Crippen molar-refractivity contribution in [2.24, 2.45) is 0 Å². The fourth-order valence-corrected chi connectivity index (χ4v) is 3.97. The summed E-state index contributed by atoms with van der Waals surface area (Å²) in [6.45, 7) is 4.49. The van der Waals surface area contributed by atoms with Crippen LogP contribution in [0, 0.1) is 0 Å². The van der Waals surface area contributed by atoms with Gasteiger partial charge in [-0.25, -0.2) is 0 Å². The molecule has 0 radical (unpaired) electrons. The highest BCUT2D eigenvalue weighted by Gasteiger charge is 2.42. The number of carbonyl (C=O) groups is 1. The molecule has 1 aromatic heterocycles. The summed E-state index contributed by atoms with van der Waals surface area (Å²) in [6.07, 6.45) is 1.79. The molecule has 2 aliphatic heterocycles. The van der Waals surface area contributed by atoms with Crippen LogP contribution in [0.3, 0.4) is 0 Å². The second kappa shape index (κ2) is 5.64. The summed E-state index contributed by atoms with van der Waals surface area (Å²) in [6, 6.07) is 3.77. The number of piperidine rings is 1. The van der Waals surface area contributed by atoms with Crippen LogP contribution in [0.4, 0.5) is 0 Å². The van der Waals surface area contributed by atoms with Gasteiger partial charge in [0, 0.05) is 17.8 Å². The van der Waals surface area contributed by atoms with Crippen LogP contribution < -0.4 is 0 Å². The molecule has 0 N–H and O–H groups in total. The van der Waals surface area contributed by atoms with E-state index in [2.05, 4.69) is 0 Å². The largest absolute Gasteiger partial charge is 0.346 e. The molecule has 0 saturated carbocycles. The molecule has 0 unspecified atom stereocenters. The van der Waals surface area contributed by atoms with Crippen molar-refractivity contribution in [2.45, 2.75) is 31.5 Å². The van der Waals surface area contributed by atoms with E-state index in [0.29, 0.717) is 19.8 Å². The molecule has 0 aromatic carbocycles. The molecule has 3 heterocycles. The normalized spacial score (nSPS) is 23.2. The van der Waals surface area contributed by atoms with Crippen molar-refractivity contribution in [3.05, 3.63) is 21.3 Å². The van der Waals surface area contributed by atoms with Gasteiger partial charge in [0.15, 0.2) is 5.79 Å². The Kier molecular flexibility index (Phi) is 4.04. The number of likely N-dealkylation sites (tertiary alicyclic amines) is 1. The lowest BCUT2D eigenvalue weighted by molar-refractivity contribution is -0.193. The number of halogens is 1. The number of hydrogen-bond acceptors (Lipinski definition) is 4. The zero-order valence-electron chi connectivity index (χ0n) is 11.4. The SMILES string of the molecule is C[C@H](C(=O)N1CCCC2(C1)OCCO2)c1ccc(Cl)s1. The van der Waals surface area contributed by atoms with Gasteiger partial charge < -0.3 is 14.4 Å². The number of amides is 1. The molecule has 3 rings (SSSR count). The van der Waals surface area contributed by atoms with E-state index in [1.54, 1.807) is 0 Å². The molecule has 1 spiro atoms. The fraction of sp³-hybridized carbons (Fsp3) is 0.643. The van der Waals surface area contributed by atoms with Crippen LogP contribution in [0.2, 0.25) is 4.34 Å². The summed E-state index contributed by atoms with van der Waals surface area (Å²) >= 11 is 7.41. The van der Waals surface area contributed by atoms with E-state index < -0.39 is 5.79 Å². The van der Waals surface area contributed by atoms with E-state index in [9.17, 15) is 4.79 Å². The Morgan fingerprint density at radius 2 is 2.20 bits per heavy atom. The zero-order valence-corrected chi connectivity index (χ0v) is 13.0. The van der Waals surface area contributed by atoms with Crippen molar-refractivity contribution in [1.29, 1.82) is 0 Å². The highest BCUT2D eigenvalue weighted by Crippen LogP contribution is 2.33. The minimum Gasteiger partial charge on any atom is -0.346 e. The maximum Gasteiger partial charge on any atom is 0.230 e. The van der Waals surface area contributed by atoms with Crippen LogP contribution in [-0.4, -0.2) is 42.9 Å². The molecule has 0 aliphatic carbocycles. The van der Waals surface area contributed by atoms with E-state index in [0.717, 1.165) is 28.6 Å². The second-order valence-corrected chi connectivity index (χ2v) is 7.08. The van der Waals surface area contributed by atoms with Crippen molar-refractivity contribution in [3.8, 4) is 0 Å². The number of ether oxygens (including phenoxy) is 2.